The van der Waals surface area contributed by atoms with Crippen molar-refractivity contribution < 1.29 is 4.74 Å². The number of rotatable bonds is 7. The first-order valence-corrected chi connectivity index (χ1v) is 9.39. The second-order valence-electron chi connectivity index (χ2n) is 5.73. The second-order valence-corrected chi connectivity index (χ2v) is 6.79. The van der Waals surface area contributed by atoms with E-state index < -0.39 is 0 Å². The zero-order valence-electron chi connectivity index (χ0n) is 14.6. The highest BCUT2D eigenvalue weighted by Gasteiger charge is 2.06. The highest BCUT2D eigenvalue weighted by Crippen LogP contribution is 2.28. The average Bonchev–Trinajstić information content (AvgIpc) is 3.12. The molecule has 0 spiro atoms. The van der Waals surface area contributed by atoms with Crippen molar-refractivity contribution in [3.63, 3.8) is 0 Å². The number of hydrogen-bond acceptors (Lipinski definition) is 4. The first-order valence-electron chi connectivity index (χ1n) is 8.57. The van der Waals surface area contributed by atoms with Crippen LogP contribution in [0.4, 0.5) is 0 Å². The Morgan fingerprint density at radius 2 is 1.56 bits per heavy atom. The van der Waals surface area contributed by atoms with Gasteiger partial charge in [-0.3, -0.25) is 0 Å². The van der Waals surface area contributed by atoms with Crippen LogP contribution in [0.1, 0.15) is 25.3 Å². The predicted molar refractivity (Wildman–Crippen MR) is 105 cm³/mol. The Kier molecular flexibility index (Phi) is 5.96. The largest absolute Gasteiger partial charge is 0.490 e. The molecule has 3 rings (SSSR count). The van der Waals surface area contributed by atoms with Crippen LogP contribution in [-0.2, 0) is 6.42 Å². The van der Waals surface area contributed by atoms with Crippen LogP contribution >= 0.6 is 11.3 Å². The van der Waals surface area contributed by atoms with E-state index in [1.54, 1.807) is 11.3 Å². The lowest BCUT2D eigenvalue weighted by atomic mass is 10.0. The molecule has 1 aromatic heterocycles. The molecule has 3 nitrogen and oxygen atoms in total. The summed E-state index contributed by atoms with van der Waals surface area (Å²) in [7, 11) is 0. The summed E-state index contributed by atoms with van der Waals surface area (Å²) < 4.78 is 5.64. The highest BCUT2D eigenvalue weighted by molar-refractivity contribution is 7.14. The van der Waals surface area contributed by atoms with E-state index in [1.807, 2.05) is 31.2 Å². The number of aromatic nitrogens is 2. The van der Waals surface area contributed by atoms with Gasteiger partial charge in [0.15, 0.2) is 0 Å². The van der Waals surface area contributed by atoms with Gasteiger partial charge in [-0.25, -0.2) is 0 Å². The Morgan fingerprint density at radius 1 is 0.920 bits per heavy atom. The Hall–Kier alpha value is -2.46. The van der Waals surface area contributed by atoms with Crippen LogP contribution in [-0.4, -0.2) is 16.8 Å². The molecule has 0 amide bonds. The maximum Gasteiger partial charge on any atom is 0.147 e. The molecule has 0 unspecified atom stereocenters. The van der Waals surface area contributed by atoms with Gasteiger partial charge in [0.2, 0.25) is 0 Å². The van der Waals surface area contributed by atoms with E-state index in [0.717, 1.165) is 34.2 Å². The van der Waals surface area contributed by atoms with Gasteiger partial charge in [-0.2, -0.15) is 0 Å². The maximum atomic E-state index is 5.64. The van der Waals surface area contributed by atoms with Gasteiger partial charge in [0.25, 0.3) is 0 Å². The Labute approximate surface area is 153 Å². The number of allylic oxidation sites excluding steroid dienone is 1. The smallest absolute Gasteiger partial charge is 0.147 e. The third-order valence-corrected chi connectivity index (χ3v) is 4.86. The van der Waals surface area contributed by atoms with Crippen LogP contribution in [0.5, 0.6) is 5.75 Å². The van der Waals surface area contributed by atoms with Gasteiger partial charge in [-0.15, -0.1) is 10.2 Å². The van der Waals surface area contributed by atoms with E-state index in [9.17, 15) is 0 Å². The number of nitrogens with zero attached hydrogens (tertiary/aromatic N) is 2. The Bertz CT molecular complexity index is 820. The zero-order valence-corrected chi connectivity index (χ0v) is 15.4. The van der Waals surface area contributed by atoms with Crippen LogP contribution in [0, 0.1) is 0 Å². The molecule has 0 bridgehead atoms. The number of aryl methyl sites for hydroxylation is 1. The molecular formula is C21H22N2OS. The van der Waals surface area contributed by atoms with Crippen molar-refractivity contribution in [2.24, 2.45) is 0 Å². The molecule has 128 valence electrons. The van der Waals surface area contributed by atoms with Gasteiger partial charge in [0, 0.05) is 12.0 Å². The van der Waals surface area contributed by atoms with Crippen molar-refractivity contribution >= 4 is 11.3 Å². The van der Waals surface area contributed by atoms with Crippen molar-refractivity contribution in [2.75, 3.05) is 6.61 Å². The fourth-order valence-electron chi connectivity index (χ4n) is 2.47. The van der Waals surface area contributed by atoms with E-state index in [1.165, 1.54) is 11.1 Å². The van der Waals surface area contributed by atoms with E-state index in [2.05, 4.69) is 53.5 Å². The van der Waals surface area contributed by atoms with Gasteiger partial charge in [-0.05, 0) is 36.6 Å². The third-order valence-electron chi connectivity index (χ3n) is 3.83. The molecule has 2 aromatic carbocycles. The second kappa shape index (κ2) is 8.58. The van der Waals surface area contributed by atoms with Gasteiger partial charge < -0.3 is 4.74 Å². The topological polar surface area (TPSA) is 35.0 Å². The minimum Gasteiger partial charge on any atom is -0.490 e. The fourth-order valence-corrected chi connectivity index (χ4v) is 3.42. The molecule has 25 heavy (non-hydrogen) atoms. The van der Waals surface area contributed by atoms with Gasteiger partial charge in [0.1, 0.15) is 22.4 Å². The average molecular weight is 350 g/mol. The van der Waals surface area contributed by atoms with Crippen LogP contribution in [0.2, 0.25) is 0 Å². The number of hydrogen-bond donors (Lipinski definition) is 0. The highest BCUT2D eigenvalue weighted by atomic mass is 32.1. The van der Waals surface area contributed by atoms with Crippen molar-refractivity contribution in [1.29, 1.82) is 0 Å². The lowest BCUT2D eigenvalue weighted by molar-refractivity contribution is 0.363. The first-order chi connectivity index (χ1) is 12.3. The SMILES string of the molecule is C/C=C/COc1ccc(-c2ccc(-c3nnc(CCC)s3)cc2)cc1. The summed E-state index contributed by atoms with van der Waals surface area (Å²) in [6.45, 7) is 4.75. The monoisotopic (exact) mass is 350 g/mol. The van der Waals surface area contributed by atoms with E-state index in [4.69, 9.17) is 4.74 Å². The fraction of sp³-hybridized carbons (Fsp3) is 0.238. The lowest BCUT2D eigenvalue weighted by Crippen LogP contribution is -1.92. The summed E-state index contributed by atoms with van der Waals surface area (Å²) in [4.78, 5) is 0. The summed E-state index contributed by atoms with van der Waals surface area (Å²) in [6.07, 6.45) is 6.07. The molecule has 0 radical (unpaired) electrons. The van der Waals surface area contributed by atoms with Crippen LogP contribution in [0.3, 0.4) is 0 Å². The summed E-state index contributed by atoms with van der Waals surface area (Å²) in [5.74, 6) is 0.885. The van der Waals surface area contributed by atoms with Gasteiger partial charge in [0.05, 0.1) is 0 Å². The first kappa shape index (κ1) is 17.4. The quantitative estimate of drug-likeness (QED) is 0.507. The van der Waals surface area contributed by atoms with Crippen molar-refractivity contribution in [2.45, 2.75) is 26.7 Å². The summed E-state index contributed by atoms with van der Waals surface area (Å²) in [5.41, 5.74) is 3.48. The normalized spacial score (nSPS) is 11.1. The molecule has 4 heteroatoms. The minimum atomic E-state index is 0.604. The van der Waals surface area contributed by atoms with E-state index in [0.29, 0.717) is 6.61 Å². The van der Waals surface area contributed by atoms with Crippen molar-refractivity contribution in [3.8, 4) is 27.4 Å². The number of benzene rings is 2. The molecule has 0 saturated heterocycles. The zero-order chi connectivity index (χ0) is 17.5. The summed E-state index contributed by atoms with van der Waals surface area (Å²) in [6, 6.07) is 16.7. The lowest BCUT2D eigenvalue weighted by Gasteiger charge is -2.06. The van der Waals surface area contributed by atoms with Crippen LogP contribution in [0.15, 0.2) is 60.7 Å². The molecular weight excluding hydrogens is 328 g/mol. The standard InChI is InChI=1S/C21H22N2OS/c1-3-5-15-24-19-13-11-17(12-14-19)16-7-9-18(10-8-16)21-23-22-20(25-21)6-4-2/h3,5,7-14H,4,6,15H2,1-2H3/b5-3+. The van der Waals surface area contributed by atoms with Crippen LogP contribution in [0.25, 0.3) is 21.7 Å². The Morgan fingerprint density at radius 3 is 2.20 bits per heavy atom. The summed E-state index contributed by atoms with van der Waals surface area (Å²) in [5, 5.41) is 10.6. The maximum absolute atomic E-state index is 5.64. The minimum absolute atomic E-state index is 0.604. The predicted octanol–water partition coefficient (Wildman–Crippen LogP) is 5.78. The molecule has 1 heterocycles. The number of ether oxygens (including phenoxy) is 1. The van der Waals surface area contributed by atoms with Gasteiger partial charge >= 0.3 is 0 Å². The van der Waals surface area contributed by atoms with Crippen LogP contribution < -0.4 is 4.74 Å². The molecule has 0 aliphatic carbocycles. The van der Waals surface area contributed by atoms with Gasteiger partial charge in [-0.1, -0.05) is 66.8 Å². The molecule has 0 saturated carbocycles. The molecule has 3 aromatic rings. The molecule has 0 aliphatic rings. The molecule has 0 N–H and O–H groups in total. The molecule has 0 fully saturated rings. The van der Waals surface area contributed by atoms with Crippen molar-refractivity contribution in [1.82, 2.24) is 10.2 Å². The van der Waals surface area contributed by atoms with E-state index in [-0.39, 0.29) is 0 Å². The Balaban J connectivity index is 1.71. The van der Waals surface area contributed by atoms with Crippen molar-refractivity contribution in [3.05, 3.63) is 65.7 Å². The third kappa shape index (κ3) is 4.54. The summed E-state index contributed by atoms with van der Waals surface area (Å²) >= 11 is 1.68. The van der Waals surface area contributed by atoms with E-state index >= 15 is 0 Å². The molecule has 0 aliphatic heterocycles. The molecule has 0 atom stereocenters.